The van der Waals surface area contributed by atoms with Crippen LogP contribution in [0, 0.1) is 0 Å². The van der Waals surface area contributed by atoms with E-state index in [1.54, 1.807) is 48.8 Å². The van der Waals surface area contributed by atoms with Crippen molar-refractivity contribution in [3.8, 4) is 28.0 Å². The van der Waals surface area contributed by atoms with Crippen LogP contribution in [0.3, 0.4) is 0 Å². The van der Waals surface area contributed by atoms with Gasteiger partial charge in [0.05, 0.1) is 0 Å². The summed E-state index contributed by atoms with van der Waals surface area (Å²) in [7, 11) is -4.63. The number of thiophene rings is 1. The number of benzene rings is 4. The molecule has 0 radical (unpaired) electrons. The third kappa shape index (κ3) is 13.4. The predicted octanol–water partition coefficient (Wildman–Crippen LogP) is 4.04. The number of carbonyl (C=O) groups is 5. The zero-order chi connectivity index (χ0) is 45.8. The van der Waals surface area contributed by atoms with Crippen molar-refractivity contribution in [2.24, 2.45) is 0 Å². The molecular weight excluding hydrogens is 869 g/mol. The maximum Gasteiger partial charge on any atom is 0.283 e. The number of pyridine rings is 1. The average molecular weight is 915 g/mol. The summed E-state index contributed by atoms with van der Waals surface area (Å²) in [4.78, 5) is 75.4. The summed E-state index contributed by atoms with van der Waals surface area (Å²) in [6.45, 7) is -0.452. The Balaban J connectivity index is 1.24. The van der Waals surface area contributed by atoms with Gasteiger partial charge >= 0.3 is 0 Å². The van der Waals surface area contributed by atoms with E-state index in [-0.39, 0.29) is 25.7 Å². The molecule has 4 atom stereocenters. The van der Waals surface area contributed by atoms with Crippen LogP contribution in [0.15, 0.2) is 145 Å². The lowest BCUT2D eigenvalue weighted by molar-refractivity contribution is -0.134. The maximum atomic E-state index is 14.7. The molecule has 0 unspecified atom stereocenters. The van der Waals surface area contributed by atoms with Crippen LogP contribution in [0.2, 0.25) is 0 Å². The summed E-state index contributed by atoms with van der Waals surface area (Å²) in [6, 6.07) is 33.0. The van der Waals surface area contributed by atoms with Gasteiger partial charge in [-0.1, -0.05) is 103 Å². The zero-order valence-corrected chi connectivity index (χ0v) is 36.5. The molecule has 65 heavy (non-hydrogen) atoms. The van der Waals surface area contributed by atoms with Crippen molar-refractivity contribution in [1.29, 1.82) is 0 Å². The number of fused-ring (bicyclic) bond motifs is 16. The Morgan fingerprint density at radius 1 is 0.662 bits per heavy atom. The molecule has 5 amide bonds. The number of aromatic nitrogens is 1. The molecule has 2 aliphatic heterocycles. The fraction of sp³-hybridized carbons (Fsp3) is 0.208. The lowest BCUT2D eigenvalue weighted by Gasteiger charge is -2.27. The molecule has 8 rings (SSSR count). The van der Waals surface area contributed by atoms with Crippen molar-refractivity contribution in [2.45, 2.75) is 49.9 Å². The third-order valence-electron chi connectivity index (χ3n) is 10.6. The van der Waals surface area contributed by atoms with Gasteiger partial charge in [-0.25, -0.2) is 0 Å². The highest BCUT2D eigenvalue weighted by Crippen LogP contribution is 2.22. The minimum atomic E-state index is -4.63. The minimum absolute atomic E-state index is 0.0157. The Morgan fingerprint density at radius 3 is 1.80 bits per heavy atom. The quantitative estimate of drug-likeness (QED) is 0.0809. The molecule has 0 spiro atoms. The first-order valence-corrected chi connectivity index (χ1v) is 23.2. The van der Waals surface area contributed by atoms with Crippen molar-refractivity contribution in [3.05, 3.63) is 167 Å². The summed E-state index contributed by atoms with van der Waals surface area (Å²) in [5.41, 5.74) is 5.46. The Bertz CT molecular complexity index is 2690. The van der Waals surface area contributed by atoms with Crippen molar-refractivity contribution in [3.63, 3.8) is 0 Å². The predicted molar refractivity (Wildman–Crippen MR) is 245 cm³/mol. The van der Waals surface area contributed by atoms with E-state index >= 15 is 0 Å². The van der Waals surface area contributed by atoms with Crippen molar-refractivity contribution in [1.82, 2.24) is 31.6 Å². The summed E-state index contributed by atoms with van der Waals surface area (Å²) >= 11 is 1.40. The zero-order valence-electron chi connectivity index (χ0n) is 34.9. The molecule has 2 aliphatic rings. The van der Waals surface area contributed by atoms with Crippen LogP contribution in [0.4, 0.5) is 0 Å². The van der Waals surface area contributed by atoms with Gasteiger partial charge in [0.15, 0.2) is 6.61 Å². The molecule has 0 saturated carbocycles. The van der Waals surface area contributed by atoms with Gasteiger partial charge in [-0.05, 0) is 68.6 Å². The Morgan fingerprint density at radius 2 is 1.23 bits per heavy atom. The highest BCUT2D eigenvalue weighted by Gasteiger charge is 2.33. The third-order valence-corrected chi connectivity index (χ3v) is 12.0. The van der Waals surface area contributed by atoms with Gasteiger partial charge in [-0.3, -0.25) is 33.5 Å². The van der Waals surface area contributed by atoms with Crippen molar-refractivity contribution >= 4 is 51.0 Å². The van der Waals surface area contributed by atoms with Crippen LogP contribution in [-0.4, -0.2) is 84.1 Å². The Hall–Kier alpha value is -7.21. The fourth-order valence-corrected chi connectivity index (χ4v) is 8.29. The average Bonchev–Trinajstić information content (AvgIpc) is 3.83. The second-order valence-corrected chi connectivity index (χ2v) is 17.9. The summed E-state index contributed by atoms with van der Waals surface area (Å²) in [5.74, 6) is -4.52. The van der Waals surface area contributed by atoms with Gasteiger partial charge in [0.25, 0.3) is 16.0 Å². The Labute approximate surface area is 379 Å². The molecule has 2 bridgehead atoms. The monoisotopic (exact) mass is 914 g/mol. The molecular formula is C48H46N6O9S2. The molecule has 0 aliphatic carbocycles. The van der Waals surface area contributed by atoms with Gasteiger partial charge in [-0.15, -0.1) is 11.3 Å². The molecule has 4 heterocycles. The van der Waals surface area contributed by atoms with E-state index in [9.17, 15) is 36.9 Å². The topological polar surface area (TPSA) is 222 Å². The van der Waals surface area contributed by atoms with E-state index in [4.69, 9.17) is 4.74 Å². The minimum Gasteiger partial charge on any atom is -0.484 e. The second-order valence-electron chi connectivity index (χ2n) is 15.4. The van der Waals surface area contributed by atoms with Gasteiger partial charge < -0.3 is 31.3 Å². The van der Waals surface area contributed by atoms with E-state index in [1.807, 2.05) is 96.4 Å². The second kappa shape index (κ2) is 21.4. The molecule has 4 aromatic carbocycles. The Kier molecular flexibility index (Phi) is 15.1. The van der Waals surface area contributed by atoms with Crippen LogP contribution >= 0.6 is 11.3 Å². The van der Waals surface area contributed by atoms with Crippen molar-refractivity contribution in [2.75, 3.05) is 12.5 Å². The standard InChI is InChI=1S/C48H46N6O9S2/c55-44-29-63-38-20-14-33(15-21-38)24-40(45(56)50-30-65(60,61)62)52-46(57)41(26-32-12-18-36(19-13-32)37-8-4-22-49-28-37)53-47(58)42(54-48(59)43(51-44)27-39-9-5-23-64-39)25-31-10-16-35(17-11-31)34-6-2-1-3-7-34/h1-23,28,40-43H,24-27,29-30H2,(H,50,56)(H,51,55)(H,52,57)(H,53,58)(H,54,59)(H,60,61,62)/t40-,41-,42+,43-/m0/s1. The summed E-state index contributed by atoms with van der Waals surface area (Å²) in [6.07, 6.45) is 3.26. The van der Waals surface area contributed by atoms with Crippen LogP contribution in [0.1, 0.15) is 21.6 Å². The molecule has 0 fully saturated rings. The highest BCUT2D eigenvalue weighted by atomic mass is 32.2. The number of nitrogens with zero attached hydrogens (tertiary/aromatic N) is 1. The van der Waals surface area contributed by atoms with E-state index in [1.165, 1.54) is 11.3 Å². The number of ether oxygens (including phenoxy) is 1. The molecule has 6 N–H and O–H groups in total. The van der Waals surface area contributed by atoms with E-state index in [0.717, 1.165) is 27.1 Å². The largest absolute Gasteiger partial charge is 0.484 e. The molecule has 17 heteroatoms. The van der Waals surface area contributed by atoms with Crippen LogP contribution in [0.25, 0.3) is 22.3 Å². The molecule has 334 valence electrons. The van der Waals surface area contributed by atoms with Gasteiger partial charge in [0.2, 0.25) is 23.6 Å². The number of rotatable bonds is 11. The molecule has 6 aromatic rings. The van der Waals surface area contributed by atoms with E-state index in [2.05, 4.69) is 31.6 Å². The number of carbonyl (C=O) groups excluding carboxylic acids is 5. The first-order valence-electron chi connectivity index (χ1n) is 20.7. The lowest BCUT2D eigenvalue weighted by atomic mass is 9.98. The molecule has 2 aromatic heterocycles. The highest BCUT2D eigenvalue weighted by molar-refractivity contribution is 7.85. The van der Waals surface area contributed by atoms with Gasteiger partial charge in [0.1, 0.15) is 35.8 Å². The SMILES string of the molecule is O=C1COc2ccc(cc2)C[C@@H](C(=O)NCS(=O)(=O)O)NC(=O)[C@H](Cc2ccc(-c3cccnc3)cc2)NC(=O)[C@@H](Cc2ccc(-c3ccccc3)cc2)NC(=O)[C@H](Cc2cccs2)N1. The normalized spacial score (nSPS) is 18.7. The van der Waals surface area contributed by atoms with Crippen LogP contribution < -0.4 is 31.3 Å². The van der Waals surface area contributed by atoms with Crippen molar-refractivity contribution < 1.29 is 41.7 Å². The fourth-order valence-electron chi connectivity index (χ4n) is 7.21. The van der Waals surface area contributed by atoms with E-state index in [0.29, 0.717) is 22.4 Å². The number of hydrogen-bond acceptors (Lipinski definition) is 10. The van der Waals surface area contributed by atoms with E-state index < -0.39 is 76.3 Å². The smallest absolute Gasteiger partial charge is 0.283 e. The number of amides is 5. The number of hydrogen-bond donors (Lipinski definition) is 6. The maximum absolute atomic E-state index is 14.7. The lowest BCUT2D eigenvalue weighted by Crippen LogP contribution is -2.59. The molecule has 0 saturated heterocycles. The van der Waals surface area contributed by atoms with Gasteiger partial charge in [-0.2, -0.15) is 8.42 Å². The van der Waals surface area contributed by atoms with Crippen LogP contribution in [-0.2, 0) is 59.8 Å². The molecule has 15 nitrogen and oxygen atoms in total. The first kappa shape index (κ1) is 45.8. The van der Waals surface area contributed by atoms with Crippen LogP contribution in [0.5, 0.6) is 5.75 Å². The summed E-state index contributed by atoms with van der Waals surface area (Å²) in [5, 5.41) is 15.1. The van der Waals surface area contributed by atoms with Gasteiger partial charge in [0, 0.05) is 43.0 Å². The first-order chi connectivity index (χ1) is 31.3. The number of nitrogens with one attached hydrogen (secondary N) is 5. The summed E-state index contributed by atoms with van der Waals surface area (Å²) < 4.78 is 38.4.